The van der Waals surface area contributed by atoms with Crippen molar-refractivity contribution in [2.24, 2.45) is 5.73 Å². The average molecular weight is 523 g/mol. The molecule has 5 rings (SSSR count). The molecule has 2 aliphatic rings. The van der Waals surface area contributed by atoms with Crippen LogP contribution in [-0.2, 0) is 11.0 Å². The van der Waals surface area contributed by atoms with Gasteiger partial charge in [0.15, 0.2) is 5.83 Å². The average Bonchev–Trinajstić information content (AvgIpc) is 3.15. The molecule has 1 saturated heterocycles. The molecule has 1 aliphatic carbocycles. The number of alkyl halides is 5. The topological polar surface area (TPSA) is 94.1 Å². The van der Waals surface area contributed by atoms with Gasteiger partial charge in [0.05, 0.1) is 17.1 Å². The van der Waals surface area contributed by atoms with Gasteiger partial charge in [0.25, 0.3) is 11.8 Å². The first kappa shape index (κ1) is 24.8. The SMILES string of the molecule is C=C(F)C(=O)N1CC(n2nc(-c3ccc(C(F)(F)F)nc3)c3c(C4CC(F)(F)C4)ccc(C(N)=O)c32)C1. The zero-order valence-electron chi connectivity index (χ0n) is 19.0. The quantitative estimate of drug-likeness (QED) is 0.391. The molecule has 0 radical (unpaired) electrons. The lowest BCUT2D eigenvalue weighted by atomic mass is 9.75. The van der Waals surface area contributed by atoms with Gasteiger partial charge < -0.3 is 10.6 Å². The summed E-state index contributed by atoms with van der Waals surface area (Å²) in [6.45, 7) is 2.99. The van der Waals surface area contributed by atoms with E-state index in [4.69, 9.17) is 5.73 Å². The third-order valence-electron chi connectivity index (χ3n) is 6.73. The van der Waals surface area contributed by atoms with Crippen LogP contribution in [0.3, 0.4) is 0 Å². The highest BCUT2D eigenvalue weighted by molar-refractivity contribution is 6.09. The van der Waals surface area contributed by atoms with Crippen LogP contribution in [0.1, 0.15) is 46.4 Å². The van der Waals surface area contributed by atoms with Gasteiger partial charge in [-0.05, 0) is 29.7 Å². The third-order valence-corrected chi connectivity index (χ3v) is 6.73. The molecule has 0 atom stereocenters. The van der Waals surface area contributed by atoms with Crippen LogP contribution in [0.4, 0.5) is 26.3 Å². The molecule has 0 unspecified atom stereocenters. The molecule has 3 heterocycles. The minimum absolute atomic E-state index is 0.00713. The Morgan fingerprint density at radius 3 is 2.30 bits per heavy atom. The Hall–Kier alpha value is -3.90. The molecule has 1 aromatic carbocycles. The number of benzene rings is 1. The molecular weight excluding hydrogens is 504 g/mol. The normalized spacial score (nSPS) is 17.9. The number of likely N-dealkylation sites (tertiary alicyclic amines) is 1. The van der Waals surface area contributed by atoms with E-state index in [1.165, 1.54) is 21.7 Å². The summed E-state index contributed by atoms with van der Waals surface area (Å²) in [6.07, 6.45) is -4.60. The van der Waals surface area contributed by atoms with Crippen LogP contribution >= 0.6 is 0 Å². The fourth-order valence-electron chi connectivity index (χ4n) is 4.84. The number of pyridine rings is 1. The molecule has 7 nitrogen and oxygen atoms in total. The Labute approximate surface area is 205 Å². The highest BCUT2D eigenvalue weighted by Gasteiger charge is 2.47. The molecule has 2 fully saturated rings. The van der Waals surface area contributed by atoms with E-state index in [0.717, 1.165) is 18.3 Å². The number of fused-ring (bicyclic) bond motifs is 1. The van der Waals surface area contributed by atoms with Crippen LogP contribution in [0.25, 0.3) is 22.2 Å². The van der Waals surface area contributed by atoms with Gasteiger partial charge in [0, 0.05) is 43.1 Å². The number of nitrogens with two attached hydrogens (primary N) is 1. The number of nitrogens with zero attached hydrogens (tertiary/aromatic N) is 4. The second kappa shape index (κ2) is 8.32. The van der Waals surface area contributed by atoms with Crippen LogP contribution in [0.2, 0.25) is 0 Å². The van der Waals surface area contributed by atoms with Gasteiger partial charge in [-0.1, -0.05) is 12.6 Å². The van der Waals surface area contributed by atoms with E-state index in [-0.39, 0.29) is 40.8 Å². The Balaban J connectivity index is 1.68. The number of hydrogen-bond acceptors (Lipinski definition) is 4. The minimum atomic E-state index is -4.68. The lowest BCUT2D eigenvalue weighted by molar-refractivity contribution is -0.141. The van der Waals surface area contributed by atoms with Crippen LogP contribution in [0.15, 0.2) is 42.9 Å². The predicted molar refractivity (Wildman–Crippen MR) is 119 cm³/mol. The summed E-state index contributed by atoms with van der Waals surface area (Å²) in [5.41, 5.74) is 5.41. The van der Waals surface area contributed by atoms with Gasteiger partial charge in [0.1, 0.15) is 11.4 Å². The Morgan fingerprint density at radius 1 is 1.11 bits per heavy atom. The van der Waals surface area contributed by atoms with Crippen molar-refractivity contribution in [2.45, 2.75) is 36.9 Å². The minimum Gasteiger partial charge on any atom is -0.366 e. The molecule has 2 N–H and O–H groups in total. The van der Waals surface area contributed by atoms with Crippen molar-refractivity contribution < 1.29 is 35.9 Å². The second-order valence-corrected chi connectivity index (χ2v) is 9.24. The maximum atomic E-state index is 13.8. The number of carbonyl (C=O) groups is 2. The number of amides is 2. The number of hydrogen-bond donors (Lipinski definition) is 1. The maximum absolute atomic E-state index is 13.8. The van der Waals surface area contributed by atoms with E-state index < -0.39 is 60.2 Å². The Kier molecular flexibility index (Phi) is 5.57. The number of rotatable bonds is 5. The van der Waals surface area contributed by atoms with E-state index >= 15 is 0 Å². The van der Waals surface area contributed by atoms with Gasteiger partial charge >= 0.3 is 6.18 Å². The lowest BCUT2D eigenvalue weighted by Gasteiger charge is -2.39. The summed E-state index contributed by atoms with van der Waals surface area (Å²) >= 11 is 0. The molecule has 1 aliphatic heterocycles. The first-order valence-corrected chi connectivity index (χ1v) is 11.2. The predicted octanol–water partition coefficient (Wildman–Crippen LogP) is 4.60. The Bertz CT molecular complexity index is 1430. The monoisotopic (exact) mass is 523 g/mol. The highest BCUT2D eigenvalue weighted by Crippen LogP contribution is 2.51. The molecule has 1 saturated carbocycles. The summed E-state index contributed by atoms with van der Waals surface area (Å²) in [7, 11) is 0. The van der Waals surface area contributed by atoms with E-state index in [1.54, 1.807) is 0 Å². The van der Waals surface area contributed by atoms with Crippen molar-refractivity contribution in [3.05, 3.63) is 59.7 Å². The molecule has 2 aromatic heterocycles. The number of aromatic nitrogens is 3. The van der Waals surface area contributed by atoms with E-state index in [0.29, 0.717) is 5.56 Å². The molecule has 13 heteroatoms. The summed E-state index contributed by atoms with van der Waals surface area (Å²) in [5, 5.41) is 4.83. The van der Waals surface area contributed by atoms with Crippen LogP contribution in [-0.4, -0.2) is 50.5 Å². The van der Waals surface area contributed by atoms with E-state index in [2.05, 4.69) is 16.7 Å². The Morgan fingerprint density at radius 2 is 1.78 bits per heavy atom. The second-order valence-electron chi connectivity index (χ2n) is 9.24. The van der Waals surface area contributed by atoms with Crippen LogP contribution in [0, 0.1) is 0 Å². The number of carbonyl (C=O) groups excluding carboxylic acids is 2. The first-order valence-electron chi connectivity index (χ1n) is 11.2. The highest BCUT2D eigenvalue weighted by atomic mass is 19.4. The molecule has 2 amide bonds. The van der Waals surface area contributed by atoms with Gasteiger partial charge in [-0.25, -0.2) is 13.2 Å². The zero-order chi connectivity index (χ0) is 26.9. The van der Waals surface area contributed by atoms with Crippen LogP contribution in [0.5, 0.6) is 0 Å². The van der Waals surface area contributed by atoms with Crippen molar-refractivity contribution in [1.82, 2.24) is 19.7 Å². The molecular formula is C24H19F6N5O2. The summed E-state index contributed by atoms with van der Waals surface area (Å²) in [5.74, 6) is -6.35. The zero-order valence-corrected chi connectivity index (χ0v) is 19.0. The fraction of sp³-hybridized carbons (Fsp3) is 0.333. The first-order chi connectivity index (χ1) is 17.3. The van der Waals surface area contributed by atoms with Crippen LogP contribution < -0.4 is 5.73 Å². The van der Waals surface area contributed by atoms with Gasteiger partial charge in [-0.3, -0.25) is 19.3 Å². The van der Waals surface area contributed by atoms with Crippen molar-refractivity contribution in [1.29, 1.82) is 0 Å². The largest absolute Gasteiger partial charge is 0.433 e. The van der Waals surface area contributed by atoms with Crippen molar-refractivity contribution in [3.63, 3.8) is 0 Å². The molecule has 0 bridgehead atoms. The summed E-state index contributed by atoms with van der Waals surface area (Å²) < 4.78 is 81.4. The summed E-state index contributed by atoms with van der Waals surface area (Å²) in [6, 6.07) is 4.28. The smallest absolute Gasteiger partial charge is 0.366 e. The van der Waals surface area contributed by atoms with Gasteiger partial charge in [0.2, 0.25) is 5.92 Å². The number of halogens is 6. The van der Waals surface area contributed by atoms with Crippen molar-refractivity contribution >= 4 is 22.7 Å². The van der Waals surface area contributed by atoms with Crippen molar-refractivity contribution in [2.75, 3.05) is 13.1 Å². The summed E-state index contributed by atoms with van der Waals surface area (Å²) in [4.78, 5) is 28.9. The molecule has 37 heavy (non-hydrogen) atoms. The van der Waals surface area contributed by atoms with Gasteiger partial charge in [-0.2, -0.15) is 18.3 Å². The van der Waals surface area contributed by atoms with Crippen molar-refractivity contribution in [3.8, 4) is 11.3 Å². The number of primary amides is 1. The molecule has 194 valence electrons. The van der Waals surface area contributed by atoms with E-state index in [9.17, 15) is 35.9 Å². The third kappa shape index (κ3) is 4.21. The van der Waals surface area contributed by atoms with Gasteiger partial charge in [-0.15, -0.1) is 0 Å². The lowest BCUT2D eigenvalue weighted by Crippen LogP contribution is -2.51. The van der Waals surface area contributed by atoms with E-state index in [1.807, 2.05) is 0 Å². The molecule has 0 spiro atoms. The maximum Gasteiger partial charge on any atom is 0.433 e. The standard InChI is InChI=1S/C24H19F6N5O2/c1-11(25)22(37)34-9-14(10-34)35-20-16(21(31)36)4-3-15(13-6-23(26,27)7-13)18(20)19(33-35)12-2-5-17(32-8-12)24(28,29)30/h2-5,8,13-14H,1,6-7,9-10H2,(H2,31,36). The molecule has 3 aromatic rings. The fourth-order valence-corrected chi connectivity index (χ4v) is 4.84.